The van der Waals surface area contributed by atoms with E-state index < -0.39 is 0 Å². The van der Waals surface area contributed by atoms with Gasteiger partial charge in [-0.2, -0.15) is 4.98 Å². The van der Waals surface area contributed by atoms with E-state index in [4.69, 9.17) is 4.52 Å². The van der Waals surface area contributed by atoms with E-state index in [9.17, 15) is 4.79 Å². The highest BCUT2D eigenvalue weighted by Crippen LogP contribution is 2.30. The van der Waals surface area contributed by atoms with Gasteiger partial charge >= 0.3 is 6.03 Å². The lowest BCUT2D eigenvalue weighted by atomic mass is 10.0. The van der Waals surface area contributed by atoms with Crippen molar-refractivity contribution in [3.05, 3.63) is 69.5 Å². The van der Waals surface area contributed by atoms with Gasteiger partial charge in [-0.1, -0.05) is 42.4 Å². The molecule has 1 aliphatic heterocycles. The number of aromatic nitrogens is 2. The van der Waals surface area contributed by atoms with Gasteiger partial charge in [-0.25, -0.2) is 4.79 Å². The number of benzene rings is 1. The average Bonchev–Trinajstić information content (AvgIpc) is 3.43. The highest BCUT2D eigenvalue weighted by atomic mass is 32.1. The van der Waals surface area contributed by atoms with Crippen LogP contribution in [0.1, 0.15) is 40.7 Å². The van der Waals surface area contributed by atoms with E-state index >= 15 is 0 Å². The van der Waals surface area contributed by atoms with Crippen LogP contribution in [0.4, 0.5) is 4.79 Å². The second kappa shape index (κ2) is 9.40. The van der Waals surface area contributed by atoms with Gasteiger partial charge in [0.15, 0.2) is 5.82 Å². The van der Waals surface area contributed by atoms with Crippen LogP contribution in [0.2, 0.25) is 0 Å². The number of nitrogens with zero attached hydrogens (tertiary/aromatic N) is 4. The fraction of sp³-hybridized carbons (Fsp3) is 0.409. The Bertz CT molecular complexity index is 971. The minimum Gasteiger partial charge on any atom is -0.337 e. The summed E-state index contributed by atoms with van der Waals surface area (Å²) in [7, 11) is 1.74. The Balaban J connectivity index is 1.41. The molecule has 7 nitrogen and oxygen atoms in total. The van der Waals surface area contributed by atoms with E-state index in [1.54, 1.807) is 11.9 Å². The third-order valence-corrected chi connectivity index (χ3v) is 6.48. The largest absolute Gasteiger partial charge is 0.337 e. The second-order valence-electron chi connectivity index (χ2n) is 7.52. The summed E-state index contributed by atoms with van der Waals surface area (Å²) in [5.74, 6) is 1.10. The van der Waals surface area contributed by atoms with Crippen molar-refractivity contribution in [2.45, 2.75) is 38.9 Å². The molecule has 0 fully saturated rings. The van der Waals surface area contributed by atoms with E-state index in [1.807, 2.05) is 24.3 Å². The van der Waals surface area contributed by atoms with Gasteiger partial charge in [0.05, 0.1) is 6.04 Å². The molecule has 0 spiro atoms. The van der Waals surface area contributed by atoms with E-state index in [0.717, 1.165) is 19.5 Å². The molecule has 0 saturated carbocycles. The van der Waals surface area contributed by atoms with E-state index in [2.05, 4.69) is 56.1 Å². The van der Waals surface area contributed by atoms with Crippen molar-refractivity contribution in [2.24, 2.45) is 0 Å². The van der Waals surface area contributed by atoms with Crippen molar-refractivity contribution in [1.82, 2.24) is 25.3 Å². The zero-order chi connectivity index (χ0) is 20.9. The van der Waals surface area contributed by atoms with E-state index in [1.165, 1.54) is 16.0 Å². The summed E-state index contributed by atoms with van der Waals surface area (Å²) >= 11 is 1.84. The molecule has 1 aromatic carbocycles. The topological polar surface area (TPSA) is 74.5 Å². The maximum Gasteiger partial charge on any atom is 0.317 e. The third kappa shape index (κ3) is 4.71. The van der Waals surface area contributed by atoms with Crippen molar-refractivity contribution >= 4 is 17.4 Å². The molecule has 1 atom stereocenters. The first-order chi connectivity index (χ1) is 14.6. The Hall–Kier alpha value is -2.71. The quantitative estimate of drug-likeness (QED) is 0.626. The first kappa shape index (κ1) is 20.6. The van der Waals surface area contributed by atoms with Crippen LogP contribution in [-0.4, -0.2) is 46.1 Å². The molecule has 0 aliphatic carbocycles. The van der Waals surface area contributed by atoms with Crippen molar-refractivity contribution in [2.75, 3.05) is 20.1 Å². The van der Waals surface area contributed by atoms with Crippen molar-refractivity contribution < 1.29 is 9.32 Å². The number of aryl methyl sites for hydroxylation is 1. The van der Waals surface area contributed by atoms with E-state index in [0.29, 0.717) is 24.7 Å². The number of nitrogens with one attached hydrogen (secondary N) is 1. The molecule has 1 aliphatic rings. The number of carbonyl (C=O) groups is 1. The molecule has 3 heterocycles. The van der Waals surface area contributed by atoms with Crippen LogP contribution in [0.5, 0.6) is 0 Å². The molecule has 2 amide bonds. The Morgan fingerprint density at radius 3 is 2.93 bits per heavy atom. The number of thiophene rings is 1. The van der Waals surface area contributed by atoms with Crippen LogP contribution >= 0.6 is 11.3 Å². The Kier molecular flexibility index (Phi) is 6.44. The van der Waals surface area contributed by atoms with Crippen LogP contribution in [0, 0.1) is 0 Å². The molecule has 8 heteroatoms. The van der Waals surface area contributed by atoms with Gasteiger partial charge in [0.2, 0.25) is 5.89 Å². The molecule has 4 rings (SSSR count). The van der Waals surface area contributed by atoms with Crippen molar-refractivity contribution in [3.63, 3.8) is 0 Å². The average molecular weight is 426 g/mol. The number of carbonyl (C=O) groups excluding carboxylic acids is 1. The Labute approximate surface area is 180 Å². The molecule has 158 valence electrons. The molecular formula is C22H27N5O2S. The fourth-order valence-corrected chi connectivity index (χ4v) is 4.65. The third-order valence-electron chi connectivity index (χ3n) is 5.45. The zero-order valence-electron chi connectivity index (χ0n) is 17.4. The zero-order valence-corrected chi connectivity index (χ0v) is 18.2. The van der Waals surface area contributed by atoms with Gasteiger partial charge in [0.25, 0.3) is 0 Å². The number of urea groups is 1. The van der Waals surface area contributed by atoms with Crippen LogP contribution in [0.25, 0.3) is 0 Å². The van der Waals surface area contributed by atoms with Crippen molar-refractivity contribution in [3.8, 4) is 0 Å². The van der Waals surface area contributed by atoms with Gasteiger partial charge < -0.3 is 14.7 Å². The summed E-state index contributed by atoms with van der Waals surface area (Å²) in [6.45, 7) is 4.69. The van der Waals surface area contributed by atoms with Crippen LogP contribution in [0.3, 0.4) is 0 Å². The predicted molar refractivity (Wildman–Crippen MR) is 116 cm³/mol. The minimum atomic E-state index is -0.152. The van der Waals surface area contributed by atoms with Gasteiger partial charge in [-0.05, 0) is 29.0 Å². The summed E-state index contributed by atoms with van der Waals surface area (Å²) in [5, 5.41) is 9.15. The summed E-state index contributed by atoms with van der Waals surface area (Å²) in [4.78, 5) is 22.5. The Morgan fingerprint density at radius 2 is 2.17 bits per heavy atom. The molecule has 0 saturated heterocycles. The fourth-order valence-electron chi connectivity index (χ4n) is 3.76. The number of amides is 2. The summed E-state index contributed by atoms with van der Waals surface area (Å²) in [6, 6.07) is 12.6. The lowest BCUT2D eigenvalue weighted by Gasteiger charge is -2.35. The summed E-state index contributed by atoms with van der Waals surface area (Å²) in [5.41, 5.74) is 2.61. The standard InChI is InChI=1S/C22H27N5O2S/c1-3-20-24-21(29-25-20)15-26(2)22(28)23-13-18(16-7-5-4-6-8-16)27-11-9-19-17(14-27)10-12-30-19/h4-8,10,12,18H,3,9,11,13-15H2,1-2H3,(H,23,28). The molecule has 30 heavy (non-hydrogen) atoms. The minimum absolute atomic E-state index is 0.117. The van der Waals surface area contributed by atoms with Crippen LogP contribution in [0.15, 0.2) is 46.3 Å². The van der Waals surface area contributed by atoms with E-state index in [-0.39, 0.29) is 18.6 Å². The first-order valence-corrected chi connectivity index (χ1v) is 11.2. The maximum absolute atomic E-state index is 12.7. The Morgan fingerprint density at radius 1 is 1.33 bits per heavy atom. The van der Waals surface area contributed by atoms with Crippen LogP contribution < -0.4 is 5.32 Å². The summed E-state index contributed by atoms with van der Waals surface area (Å²) < 4.78 is 5.20. The normalized spacial score (nSPS) is 14.9. The lowest BCUT2D eigenvalue weighted by Crippen LogP contribution is -2.43. The molecule has 3 aromatic rings. The molecule has 1 N–H and O–H groups in total. The lowest BCUT2D eigenvalue weighted by molar-refractivity contribution is 0.166. The van der Waals surface area contributed by atoms with Crippen molar-refractivity contribution in [1.29, 1.82) is 0 Å². The first-order valence-electron chi connectivity index (χ1n) is 10.3. The molecule has 2 aromatic heterocycles. The number of hydrogen-bond acceptors (Lipinski definition) is 6. The molecule has 0 bridgehead atoms. The highest BCUT2D eigenvalue weighted by molar-refractivity contribution is 7.10. The van der Waals surface area contributed by atoms with Gasteiger partial charge in [0.1, 0.15) is 6.54 Å². The molecule has 0 radical (unpaired) electrons. The monoisotopic (exact) mass is 425 g/mol. The highest BCUT2D eigenvalue weighted by Gasteiger charge is 2.26. The van der Waals surface area contributed by atoms with Gasteiger partial charge in [-0.15, -0.1) is 11.3 Å². The maximum atomic E-state index is 12.7. The molecule has 1 unspecified atom stereocenters. The van der Waals surface area contributed by atoms with Gasteiger partial charge in [0, 0.05) is 38.0 Å². The molecular weight excluding hydrogens is 398 g/mol. The summed E-state index contributed by atoms with van der Waals surface area (Å²) in [6.07, 6.45) is 1.76. The number of hydrogen-bond donors (Lipinski definition) is 1. The number of fused-ring (bicyclic) bond motifs is 1. The number of rotatable bonds is 7. The smallest absolute Gasteiger partial charge is 0.317 e. The van der Waals surface area contributed by atoms with Gasteiger partial charge in [-0.3, -0.25) is 4.90 Å². The SMILES string of the molecule is CCc1noc(CN(C)C(=O)NCC(c2ccccc2)N2CCc3sccc3C2)n1. The predicted octanol–water partition coefficient (Wildman–Crippen LogP) is 3.63. The van der Waals surface area contributed by atoms with Crippen LogP contribution in [-0.2, 0) is 25.9 Å². The second-order valence-corrected chi connectivity index (χ2v) is 8.52.